The van der Waals surface area contributed by atoms with Gasteiger partial charge in [-0.05, 0) is 36.5 Å². The van der Waals surface area contributed by atoms with Crippen molar-refractivity contribution in [1.82, 2.24) is 5.32 Å². The molecule has 0 spiro atoms. The molecule has 2 atom stereocenters. The first-order chi connectivity index (χ1) is 8.26. The lowest BCUT2D eigenvalue weighted by Crippen LogP contribution is -2.34. The molecule has 2 N–H and O–H groups in total. The summed E-state index contributed by atoms with van der Waals surface area (Å²) in [5.41, 5.74) is 2.36. The number of ether oxygens (including phenoxy) is 1. The van der Waals surface area contributed by atoms with E-state index in [0.29, 0.717) is 17.8 Å². The minimum Gasteiger partial charge on any atom is -0.508 e. The number of aromatic hydroxyl groups is 1. The second-order valence-electron chi connectivity index (χ2n) is 4.66. The molecule has 0 saturated heterocycles. The van der Waals surface area contributed by atoms with Crippen molar-refractivity contribution in [2.24, 2.45) is 0 Å². The van der Waals surface area contributed by atoms with Gasteiger partial charge in [0.1, 0.15) is 5.75 Å². The number of benzene rings is 1. The molecule has 0 heterocycles. The Labute approximate surface area is 103 Å². The maximum Gasteiger partial charge on any atom is 0.119 e. The molecule has 1 aliphatic carbocycles. The molecular formula is C14H21NO2. The Morgan fingerprint density at radius 1 is 1.53 bits per heavy atom. The summed E-state index contributed by atoms with van der Waals surface area (Å²) < 4.78 is 5.20. The van der Waals surface area contributed by atoms with Crippen molar-refractivity contribution < 1.29 is 9.84 Å². The van der Waals surface area contributed by atoms with Gasteiger partial charge in [0.25, 0.3) is 0 Å². The summed E-state index contributed by atoms with van der Waals surface area (Å²) in [6.45, 7) is 2.90. The van der Waals surface area contributed by atoms with Crippen molar-refractivity contribution in [1.29, 1.82) is 0 Å². The Morgan fingerprint density at radius 2 is 2.35 bits per heavy atom. The van der Waals surface area contributed by atoms with Crippen LogP contribution < -0.4 is 5.32 Å². The molecule has 3 nitrogen and oxygen atoms in total. The van der Waals surface area contributed by atoms with E-state index < -0.39 is 0 Å². The number of methoxy groups -OCH3 is 1. The van der Waals surface area contributed by atoms with Crippen molar-refractivity contribution >= 4 is 0 Å². The number of phenols is 1. The van der Waals surface area contributed by atoms with Gasteiger partial charge < -0.3 is 15.2 Å². The average Bonchev–Trinajstić information content (AvgIpc) is 2.73. The third-order valence-corrected chi connectivity index (χ3v) is 3.54. The summed E-state index contributed by atoms with van der Waals surface area (Å²) in [5.74, 6) is 0.437. The normalized spacial score (nSPS) is 20.2. The fourth-order valence-corrected chi connectivity index (χ4v) is 2.58. The van der Waals surface area contributed by atoms with Gasteiger partial charge in [0.05, 0.1) is 6.61 Å². The molecule has 2 rings (SSSR count). The second kappa shape index (κ2) is 5.52. The molecule has 1 aromatic rings. The molecule has 94 valence electrons. The van der Waals surface area contributed by atoms with Crippen LogP contribution >= 0.6 is 0 Å². The van der Waals surface area contributed by atoms with Gasteiger partial charge in [-0.1, -0.05) is 19.1 Å². The van der Waals surface area contributed by atoms with Gasteiger partial charge in [0.15, 0.2) is 0 Å². The van der Waals surface area contributed by atoms with Crippen LogP contribution in [0.1, 0.15) is 36.9 Å². The molecule has 2 unspecified atom stereocenters. The van der Waals surface area contributed by atoms with Crippen LogP contribution in [0.3, 0.4) is 0 Å². The highest BCUT2D eigenvalue weighted by Crippen LogP contribution is 2.36. The first-order valence-corrected chi connectivity index (χ1v) is 6.32. The van der Waals surface area contributed by atoms with Gasteiger partial charge in [0.2, 0.25) is 0 Å². The molecule has 3 heteroatoms. The van der Waals surface area contributed by atoms with E-state index >= 15 is 0 Å². The zero-order chi connectivity index (χ0) is 12.3. The molecule has 0 bridgehead atoms. The number of nitrogens with one attached hydrogen (secondary N) is 1. The van der Waals surface area contributed by atoms with Crippen LogP contribution in [-0.4, -0.2) is 24.9 Å². The monoisotopic (exact) mass is 235 g/mol. The van der Waals surface area contributed by atoms with Gasteiger partial charge in [0, 0.05) is 19.2 Å². The van der Waals surface area contributed by atoms with Crippen molar-refractivity contribution in [3.8, 4) is 5.75 Å². The smallest absolute Gasteiger partial charge is 0.119 e. The molecule has 1 aliphatic rings. The second-order valence-corrected chi connectivity index (χ2v) is 4.66. The van der Waals surface area contributed by atoms with E-state index in [9.17, 15) is 5.11 Å². The van der Waals surface area contributed by atoms with E-state index in [1.165, 1.54) is 5.56 Å². The summed E-state index contributed by atoms with van der Waals surface area (Å²) >= 11 is 0. The van der Waals surface area contributed by atoms with Crippen molar-refractivity contribution in [3.63, 3.8) is 0 Å². The van der Waals surface area contributed by atoms with Crippen molar-refractivity contribution in [2.75, 3.05) is 13.7 Å². The van der Waals surface area contributed by atoms with E-state index in [1.54, 1.807) is 13.2 Å². The summed E-state index contributed by atoms with van der Waals surface area (Å²) in [6.07, 6.45) is 3.08. The van der Waals surface area contributed by atoms with Gasteiger partial charge in [-0.25, -0.2) is 0 Å². The van der Waals surface area contributed by atoms with Crippen LogP contribution in [-0.2, 0) is 11.2 Å². The highest BCUT2D eigenvalue weighted by molar-refractivity contribution is 5.44. The summed E-state index contributed by atoms with van der Waals surface area (Å²) in [5, 5.41) is 13.4. The molecule has 0 saturated carbocycles. The Bertz CT molecular complexity index is 378. The Kier molecular flexibility index (Phi) is 4.02. The average molecular weight is 235 g/mol. The lowest BCUT2D eigenvalue weighted by Gasteiger charge is -2.22. The van der Waals surface area contributed by atoms with Crippen LogP contribution in [0.5, 0.6) is 5.75 Å². The van der Waals surface area contributed by atoms with Crippen molar-refractivity contribution in [3.05, 3.63) is 29.3 Å². The topological polar surface area (TPSA) is 41.5 Å². The van der Waals surface area contributed by atoms with Gasteiger partial charge in [-0.15, -0.1) is 0 Å². The number of fused-ring (bicyclic) bond motifs is 1. The molecule has 0 fully saturated rings. The predicted molar refractivity (Wildman–Crippen MR) is 68.3 cm³/mol. The third kappa shape index (κ3) is 2.61. The lowest BCUT2D eigenvalue weighted by molar-refractivity contribution is 0.158. The largest absolute Gasteiger partial charge is 0.508 e. The summed E-state index contributed by atoms with van der Waals surface area (Å²) in [4.78, 5) is 0. The number of rotatable bonds is 5. The maximum absolute atomic E-state index is 9.79. The van der Waals surface area contributed by atoms with Crippen molar-refractivity contribution in [2.45, 2.75) is 38.3 Å². The predicted octanol–water partition coefficient (Wildman–Crippen LogP) is 2.39. The Morgan fingerprint density at radius 3 is 3.06 bits per heavy atom. The van der Waals surface area contributed by atoms with Crippen LogP contribution in [0.25, 0.3) is 0 Å². The van der Waals surface area contributed by atoms with E-state index in [2.05, 4.69) is 18.3 Å². The molecule has 0 radical (unpaired) electrons. The van der Waals surface area contributed by atoms with Gasteiger partial charge >= 0.3 is 0 Å². The number of hydrogen-bond acceptors (Lipinski definition) is 3. The molecule has 0 aliphatic heterocycles. The summed E-state index contributed by atoms with van der Waals surface area (Å²) in [6, 6.07) is 6.55. The first-order valence-electron chi connectivity index (χ1n) is 6.32. The van der Waals surface area contributed by atoms with Crippen LogP contribution in [0.4, 0.5) is 0 Å². The molecule has 0 amide bonds. The lowest BCUT2D eigenvalue weighted by atomic mass is 10.1. The molecule has 0 aromatic heterocycles. The fourth-order valence-electron chi connectivity index (χ4n) is 2.58. The fraction of sp³-hybridized carbons (Fsp3) is 0.571. The standard InChI is InChI=1S/C14H21NO2/c1-3-10(9-17-2)15-13-8-7-12-11(13)5-4-6-14(12)16/h4-6,10,13,15-16H,3,7-9H2,1-2H3. The molecule has 17 heavy (non-hydrogen) atoms. The van der Waals surface area contributed by atoms with Crippen LogP contribution in [0.2, 0.25) is 0 Å². The minimum absolute atomic E-state index is 0.359. The maximum atomic E-state index is 9.79. The van der Waals surface area contributed by atoms with E-state index in [1.807, 2.05) is 6.07 Å². The highest BCUT2D eigenvalue weighted by Gasteiger charge is 2.25. The third-order valence-electron chi connectivity index (χ3n) is 3.54. The first kappa shape index (κ1) is 12.4. The Balaban J connectivity index is 2.09. The zero-order valence-electron chi connectivity index (χ0n) is 10.6. The molecule has 1 aromatic carbocycles. The van der Waals surface area contributed by atoms with E-state index in [0.717, 1.165) is 31.4 Å². The van der Waals surface area contributed by atoms with E-state index in [-0.39, 0.29) is 0 Å². The number of hydrogen-bond donors (Lipinski definition) is 2. The SMILES string of the molecule is CCC(COC)NC1CCc2c(O)cccc21. The minimum atomic E-state index is 0.359. The zero-order valence-corrected chi connectivity index (χ0v) is 10.6. The summed E-state index contributed by atoms with van der Waals surface area (Å²) in [7, 11) is 1.73. The van der Waals surface area contributed by atoms with Gasteiger partial charge in [-0.3, -0.25) is 0 Å². The number of phenolic OH excluding ortho intramolecular Hbond substituents is 1. The van der Waals surface area contributed by atoms with Gasteiger partial charge in [-0.2, -0.15) is 0 Å². The highest BCUT2D eigenvalue weighted by atomic mass is 16.5. The quantitative estimate of drug-likeness (QED) is 0.823. The van der Waals surface area contributed by atoms with Crippen LogP contribution in [0.15, 0.2) is 18.2 Å². The van der Waals surface area contributed by atoms with Crippen LogP contribution in [0, 0.1) is 0 Å². The molecular weight excluding hydrogens is 214 g/mol. The Hall–Kier alpha value is -1.06. The van der Waals surface area contributed by atoms with E-state index in [4.69, 9.17) is 4.74 Å².